The van der Waals surface area contributed by atoms with Crippen LogP contribution in [0.15, 0.2) is 24.3 Å². The molecule has 1 saturated heterocycles. The molecular formula is C18H30N2O. The summed E-state index contributed by atoms with van der Waals surface area (Å²) in [7, 11) is 0. The number of nitrogens with one attached hydrogen (secondary N) is 1. The molecule has 0 amide bonds. The maximum absolute atomic E-state index is 9.67. The molecule has 1 aliphatic heterocycles. The Morgan fingerprint density at radius 3 is 2.86 bits per heavy atom. The predicted octanol–water partition coefficient (Wildman–Crippen LogP) is 3.38. The summed E-state index contributed by atoms with van der Waals surface area (Å²) in [5.41, 5.74) is 1.21. The van der Waals surface area contributed by atoms with Gasteiger partial charge in [0.2, 0.25) is 0 Å². The number of phenols is 1. The van der Waals surface area contributed by atoms with E-state index in [2.05, 4.69) is 37.1 Å². The Hall–Kier alpha value is -1.06. The first-order valence-electron chi connectivity index (χ1n) is 8.39. The van der Waals surface area contributed by atoms with E-state index < -0.39 is 0 Å². The van der Waals surface area contributed by atoms with Gasteiger partial charge in [-0.1, -0.05) is 45.7 Å². The molecule has 1 heterocycles. The zero-order chi connectivity index (χ0) is 15.2. The molecule has 0 aromatic heterocycles. The van der Waals surface area contributed by atoms with Crippen LogP contribution in [0.25, 0.3) is 0 Å². The maximum atomic E-state index is 9.67. The van der Waals surface area contributed by atoms with E-state index in [1.54, 1.807) is 6.07 Å². The molecular weight excluding hydrogens is 260 g/mol. The van der Waals surface area contributed by atoms with E-state index in [-0.39, 0.29) is 0 Å². The van der Waals surface area contributed by atoms with Crippen molar-refractivity contribution in [3.63, 3.8) is 0 Å². The minimum Gasteiger partial charge on any atom is -0.508 e. The first kappa shape index (κ1) is 16.3. The van der Waals surface area contributed by atoms with Crippen molar-refractivity contribution in [3.8, 4) is 5.75 Å². The lowest BCUT2D eigenvalue weighted by Crippen LogP contribution is -2.58. The van der Waals surface area contributed by atoms with Crippen molar-refractivity contribution in [1.82, 2.24) is 10.2 Å². The second-order valence-corrected chi connectivity index (χ2v) is 6.45. The molecule has 1 aromatic rings. The Balaban J connectivity index is 2.08. The Kier molecular flexibility index (Phi) is 6.07. The summed E-state index contributed by atoms with van der Waals surface area (Å²) >= 11 is 0. The molecule has 1 fully saturated rings. The monoisotopic (exact) mass is 290 g/mol. The Labute approximate surface area is 129 Å². The fourth-order valence-electron chi connectivity index (χ4n) is 3.35. The summed E-state index contributed by atoms with van der Waals surface area (Å²) in [6.07, 6.45) is 3.68. The fraction of sp³-hybridized carbons (Fsp3) is 0.667. The highest BCUT2D eigenvalue weighted by Crippen LogP contribution is 2.23. The molecule has 3 heteroatoms. The van der Waals surface area contributed by atoms with Crippen LogP contribution in [0.2, 0.25) is 0 Å². The van der Waals surface area contributed by atoms with Gasteiger partial charge in [-0.2, -0.15) is 0 Å². The second kappa shape index (κ2) is 7.81. The zero-order valence-electron chi connectivity index (χ0n) is 13.7. The number of phenolic OH excluding ortho intramolecular Hbond substituents is 1. The van der Waals surface area contributed by atoms with Crippen LogP contribution in [0.1, 0.15) is 45.6 Å². The van der Waals surface area contributed by atoms with Crippen LogP contribution in [0, 0.1) is 5.92 Å². The standard InChI is InChI=1S/C18H30N2O/c1-4-7-16-13-20(18(11-19-16)14(3)5-2)12-15-8-6-9-17(21)10-15/h6,8-10,14,16,18-19,21H,4-5,7,11-13H2,1-3H3. The number of benzene rings is 1. The lowest BCUT2D eigenvalue weighted by molar-refractivity contribution is 0.0818. The Morgan fingerprint density at radius 2 is 2.19 bits per heavy atom. The molecule has 1 aromatic carbocycles. The summed E-state index contributed by atoms with van der Waals surface area (Å²) in [6.45, 7) is 10.0. The minimum absolute atomic E-state index is 0.368. The van der Waals surface area contributed by atoms with E-state index in [4.69, 9.17) is 0 Å². The van der Waals surface area contributed by atoms with Gasteiger partial charge in [-0.25, -0.2) is 0 Å². The van der Waals surface area contributed by atoms with Gasteiger partial charge in [0.25, 0.3) is 0 Å². The molecule has 0 aliphatic carbocycles. The van der Waals surface area contributed by atoms with E-state index in [1.165, 1.54) is 24.8 Å². The predicted molar refractivity (Wildman–Crippen MR) is 88.5 cm³/mol. The van der Waals surface area contributed by atoms with Gasteiger partial charge in [0.05, 0.1) is 0 Å². The van der Waals surface area contributed by atoms with Crippen molar-refractivity contribution >= 4 is 0 Å². The minimum atomic E-state index is 0.368. The van der Waals surface area contributed by atoms with Crippen LogP contribution in [0.3, 0.4) is 0 Å². The van der Waals surface area contributed by atoms with Crippen molar-refractivity contribution in [3.05, 3.63) is 29.8 Å². The molecule has 118 valence electrons. The molecule has 3 atom stereocenters. The van der Waals surface area contributed by atoms with Crippen molar-refractivity contribution in [1.29, 1.82) is 0 Å². The number of hydrogen-bond acceptors (Lipinski definition) is 3. The van der Waals surface area contributed by atoms with E-state index in [1.807, 2.05) is 12.1 Å². The number of aromatic hydroxyl groups is 1. The highest BCUT2D eigenvalue weighted by atomic mass is 16.3. The first-order chi connectivity index (χ1) is 10.1. The summed E-state index contributed by atoms with van der Waals surface area (Å²) in [6, 6.07) is 8.88. The SMILES string of the molecule is CCCC1CN(Cc2cccc(O)c2)C(C(C)CC)CN1. The van der Waals surface area contributed by atoms with E-state index in [0.717, 1.165) is 19.6 Å². The molecule has 0 radical (unpaired) electrons. The Morgan fingerprint density at radius 1 is 1.38 bits per heavy atom. The molecule has 2 rings (SSSR count). The average molecular weight is 290 g/mol. The average Bonchev–Trinajstić information content (AvgIpc) is 2.47. The molecule has 0 bridgehead atoms. The van der Waals surface area contributed by atoms with Crippen LogP contribution in [0.5, 0.6) is 5.75 Å². The topological polar surface area (TPSA) is 35.5 Å². The lowest BCUT2D eigenvalue weighted by atomic mass is 9.93. The van der Waals surface area contributed by atoms with E-state index in [0.29, 0.717) is 23.8 Å². The van der Waals surface area contributed by atoms with Gasteiger partial charge in [0.15, 0.2) is 0 Å². The third-order valence-electron chi connectivity index (χ3n) is 4.77. The van der Waals surface area contributed by atoms with Gasteiger partial charge in [-0.05, 0) is 30.0 Å². The normalized spacial score (nSPS) is 24.9. The highest BCUT2D eigenvalue weighted by molar-refractivity contribution is 5.27. The number of piperazine rings is 1. The third kappa shape index (κ3) is 4.45. The largest absolute Gasteiger partial charge is 0.508 e. The Bertz CT molecular complexity index is 435. The van der Waals surface area contributed by atoms with Crippen LogP contribution < -0.4 is 5.32 Å². The molecule has 0 saturated carbocycles. The van der Waals surface area contributed by atoms with Gasteiger partial charge in [-0.3, -0.25) is 4.90 Å². The lowest BCUT2D eigenvalue weighted by Gasteiger charge is -2.43. The van der Waals surface area contributed by atoms with Crippen molar-refractivity contribution < 1.29 is 5.11 Å². The number of hydrogen-bond donors (Lipinski definition) is 2. The zero-order valence-corrected chi connectivity index (χ0v) is 13.7. The smallest absolute Gasteiger partial charge is 0.115 e. The fourth-order valence-corrected chi connectivity index (χ4v) is 3.35. The van der Waals surface area contributed by atoms with Crippen LogP contribution in [-0.4, -0.2) is 35.2 Å². The molecule has 3 unspecified atom stereocenters. The van der Waals surface area contributed by atoms with Gasteiger partial charge in [0.1, 0.15) is 5.75 Å². The second-order valence-electron chi connectivity index (χ2n) is 6.45. The van der Waals surface area contributed by atoms with Crippen LogP contribution in [-0.2, 0) is 6.54 Å². The van der Waals surface area contributed by atoms with Gasteiger partial charge in [-0.15, -0.1) is 0 Å². The van der Waals surface area contributed by atoms with Gasteiger partial charge >= 0.3 is 0 Å². The molecule has 0 spiro atoms. The van der Waals surface area contributed by atoms with Crippen molar-refractivity contribution in [2.45, 2.75) is 58.7 Å². The summed E-state index contributed by atoms with van der Waals surface area (Å²) < 4.78 is 0. The molecule has 2 N–H and O–H groups in total. The summed E-state index contributed by atoms with van der Waals surface area (Å²) in [5, 5.41) is 13.4. The quantitative estimate of drug-likeness (QED) is 0.843. The molecule has 1 aliphatic rings. The highest BCUT2D eigenvalue weighted by Gasteiger charge is 2.30. The van der Waals surface area contributed by atoms with Crippen molar-refractivity contribution in [2.75, 3.05) is 13.1 Å². The first-order valence-corrected chi connectivity index (χ1v) is 8.39. The van der Waals surface area contributed by atoms with E-state index in [9.17, 15) is 5.11 Å². The van der Waals surface area contributed by atoms with Crippen LogP contribution >= 0.6 is 0 Å². The summed E-state index contributed by atoms with van der Waals surface area (Å²) in [5.74, 6) is 1.06. The molecule has 3 nitrogen and oxygen atoms in total. The maximum Gasteiger partial charge on any atom is 0.115 e. The van der Waals surface area contributed by atoms with E-state index >= 15 is 0 Å². The summed E-state index contributed by atoms with van der Waals surface area (Å²) in [4.78, 5) is 2.61. The van der Waals surface area contributed by atoms with Crippen LogP contribution in [0.4, 0.5) is 0 Å². The third-order valence-corrected chi connectivity index (χ3v) is 4.77. The number of rotatable bonds is 6. The number of nitrogens with zero attached hydrogens (tertiary/aromatic N) is 1. The van der Waals surface area contributed by atoms with Gasteiger partial charge < -0.3 is 10.4 Å². The van der Waals surface area contributed by atoms with Crippen molar-refractivity contribution in [2.24, 2.45) is 5.92 Å². The van der Waals surface area contributed by atoms with Gasteiger partial charge in [0, 0.05) is 31.7 Å². The molecule has 21 heavy (non-hydrogen) atoms.